The second-order valence-electron chi connectivity index (χ2n) is 3.51. The van der Waals surface area contributed by atoms with E-state index in [4.69, 9.17) is 23.9 Å². The number of hydrogen-bond donors (Lipinski definition) is 2. The monoisotopic (exact) mass is 240 g/mol. The van der Waals surface area contributed by atoms with E-state index in [0.29, 0.717) is 29.8 Å². The molecule has 0 radical (unpaired) electrons. The molecule has 0 spiro atoms. The lowest BCUT2D eigenvalue weighted by molar-refractivity contribution is 0.485. The van der Waals surface area contributed by atoms with Gasteiger partial charge in [-0.3, -0.25) is 11.3 Å². The molecule has 86 valence electrons. The molecule has 0 amide bonds. The van der Waals surface area contributed by atoms with Gasteiger partial charge in [0.05, 0.1) is 0 Å². The van der Waals surface area contributed by atoms with Gasteiger partial charge >= 0.3 is 0 Å². The van der Waals surface area contributed by atoms with Crippen molar-refractivity contribution in [2.75, 3.05) is 0 Å². The highest BCUT2D eigenvalue weighted by molar-refractivity contribution is 6.31. The van der Waals surface area contributed by atoms with Gasteiger partial charge in [-0.05, 0) is 25.0 Å². The lowest BCUT2D eigenvalue weighted by Crippen LogP contribution is -2.36. The predicted octanol–water partition coefficient (Wildman–Crippen LogP) is 2.27. The zero-order valence-corrected chi connectivity index (χ0v) is 9.60. The minimum Gasteiger partial charge on any atom is -0.271 e. The summed E-state index contributed by atoms with van der Waals surface area (Å²) < 4.78 is 13.5. The zero-order chi connectivity index (χ0) is 12.0. The van der Waals surface area contributed by atoms with Crippen molar-refractivity contribution in [3.63, 3.8) is 0 Å². The molecule has 0 aromatic heterocycles. The highest BCUT2D eigenvalue weighted by Crippen LogP contribution is 2.21. The SMILES string of the molecule is C#CCCC(Cc1c(F)cccc1Cl)NN. The van der Waals surface area contributed by atoms with E-state index in [9.17, 15) is 4.39 Å². The van der Waals surface area contributed by atoms with Crippen LogP contribution < -0.4 is 11.3 Å². The number of nitrogens with two attached hydrogens (primary N) is 1. The van der Waals surface area contributed by atoms with E-state index in [0.717, 1.165) is 0 Å². The Hall–Kier alpha value is -1.08. The summed E-state index contributed by atoms with van der Waals surface area (Å²) in [6, 6.07) is 4.56. The minimum atomic E-state index is -0.312. The molecule has 2 nitrogen and oxygen atoms in total. The number of benzene rings is 1. The standard InChI is InChI=1S/C12H14ClFN2/c1-2-3-5-9(16-15)8-10-11(13)6-4-7-12(10)14/h1,4,6-7,9,16H,3,5,8,15H2. The van der Waals surface area contributed by atoms with Gasteiger partial charge in [-0.1, -0.05) is 17.7 Å². The van der Waals surface area contributed by atoms with Crippen LogP contribution in [-0.4, -0.2) is 6.04 Å². The topological polar surface area (TPSA) is 38.0 Å². The van der Waals surface area contributed by atoms with Gasteiger partial charge < -0.3 is 0 Å². The summed E-state index contributed by atoms with van der Waals surface area (Å²) >= 11 is 5.92. The number of hydrogen-bond acceptors (Lipinski definition) is 2. The number of nitrogens with one attached hydrogen (secondary N) is 1. The van der Waals surface area contributed by atoms with Gasteiger partial charge in [0.2, 0.25) is 0 Å². The van der Waals surface area contributed by atoms with Crippen molar-refractivity contribution in [2.24, 2.45) is 5.84 Å². The molecule has 0 aliphatic rings. The van der Waals surface area contributed by atoms with Crippen LogP contribution >= 0.6 is 11.6 Å². The second kappa shape index (κ2) is 6.49. The smallest absolute Gasteiger partial charge is 0.127 e. The van der Waals surface area contributed by atoms with E-state index in [-0.39, 0.29) is 11.9 Å². The number of hydrazine groups is 1. The molecule has 0 saturated carbocycles. The fraction of sp³-hybridized carbons (Fsp3) is 0.333. The van der Waals surface area contributed by atoms with Crippen LogP contribution in [0.5, 0.6) is 0 Å². The highest BCUT2D eigenvalue weighted by Gasteiger charge is 2.13. The first-order chi connectivity index (χ1) is 7.69. The molecule has 16 heavy (non-hydrogen) atoms. The van der Waals surface area contributed by atoms with Gasteiger partial charge in [-0.15, -0.1) is 12.3 Å². The summed E-state index contributed by atoms with van der Waals surface area (Å²) in [7, 11) is 0. The first-order valence-corrected chi connectivity index (χ1v) is 5.39. The van der Waals surface area contributed by atoms with Crippen LogP contribution in [0.15, 0.2) is 18.2 Å². The average molecular weight is 241 g/mol. The summed E-state index contributed by atoms with van der Waals surface area (Å²) in [6.07, 6.45) is 6.89. The first-order valence-electron chi connectivity index (χ1n) is 5.01. The molecule has 0 saturated heterocycles. The van der Waals surface area contributed by atoms with Gasteiger partial charge in [0.15, 0.2) is 0 Å². The Bertz CT molecular complexity index is 367. The lowest BCUT2D eigenvalue weighted by Gasteiger charge is -2.15. The summed E-state index contributed by atoms with van der Waals surface area (Å²) in [5.41, 5.74) is 3.09. The summed E-state index contributed by atoms with van der Waals surface area (Å²) in [5.74, 6) is 7.59. The summed E-state index contributed by atoms with van der Waals surface area (Å²) in [6.45, 7) is 0. The lowest BCUT2D eigenvalue weighted by atomic mass is 10.0. The van der Waals surface area contributed by atoms with Gasteiger partial charge in [0.25, 0.3) is 0 Å². The molecule has 1 aromatic rings. The van der Waals surface area contributed by atoms with Gasteiger partial charge in [0, 0.05) is 23.0 Å². The van der Waals surface area contributed by atoms with E-state index >= 15 is 0 Å². The molecule has 1 unspecified atom stereocenters. The van der Waals surface area contributed by atoms with Crippen LogP contribution in [0.1, 0.15) is 18.4 Å². The molecule has 4 heteroatoms. The highest BCUT2D eigenvalue weighted by atomic mass is 35.5. The Balaban J connectivity index is 2.74. The molecule has 0 aliphatic carbocycles. The van der Waals surface area contributed by atoms with Crippen LogP contribution in [0.25, 0.3) is 0 Å². The molecule has 0 heterocycles. The van der Waals surface area contributed by atoms with Crippen molar-refractivity contribution in [1.82, 2.24) is 5.43 Å². The molecular weight excluding hydrogens is 227 g/mol. The van der Waals surface area contributed by atoms with Gasteiger partial charge in [-0.2, -0.15) is 0 Å². The zero-order valence-electron chi connectivity index (χ0n) is 8.84. The van der Waals surface area contributed by atoms with Crippen molar-refractivity contribution < 1.29 is 4.39 Å². The van der Waals surface area contributed by atoms with Crippen LogP contribution in [0.2, 0.25) is 5.02 Å². The van der Waals surface area contributed by atoms with E-state index in [1.54, 1.807) is 12.1 Å². The molecule has 0 aliphatic heterocycles. The van der Waals surface area contributed by atoms with Crippen molar-refractivity contribution in [1.29, 1.82) is 0 Å². The normalized spacial score (nSPS) is 12.1. The van der Waals surface area contributed by atoms with Crippen molar-refractivity contribution in [3.05, 3.63) is 34.6 Å². The largest absolute Gasteiger partial charge is 0.271 e. The van der Waals surface area contributed by atoms with Gasteiger partial charge in [-0.25, -0.2) is 4.39 Å². The molecule has 1 aromatic carbocycles. The maximum absolute atomic E-state index is 13.5. The molecule has 1 rings (SSSR count). The fourth-order valence-electron chi connectivity index (χ4n) is 1.48. The minimum absolute atomic E-state index is 0.0644. The Morgan fingerprint density at radius 3 is 2.88 bits per heavy atom. The van der Waals surface area contributed by atoms with E-state index in [1.807, 2.05) is 0 Å². The Morgan fingerprint density at radius 1 is 1.56 bits per heavy atom. The number of halogens is 2. The molecule has 0 bridgehead atoms. The second-order valence-corrected chi connectivity index (χ2v) is 3.92. The molecule has 0 fully saturated rings. The van der Waals surface area contributed by atoms with Gasteiger partial charge in [0.1, 0.15) is 5.82 Å². The fourth-order valence-corrected chi connectivity index (χ4v) is 1.72. The van der Waals surface area contributed by atoms with Crippen LogP contribution in [0.3, 0.4) is 0 Å². The van der Waals surface area contributed by atoms with Crippen LogP contribution in [0.4, 0.5) is 4.39 Å². The van der Waals surface area contributed by atoms with Crippen molar-refractivity contribution in [3.8, 4) is 12.3 Å². The van der Waals surface area contributed by atoms with E-state index < -0.39 is 0 Å². The Morgan fingerprint density at radius 2 is 2.31 bits per heavy atom. The first kappa shape index (κ1) is 13.0. The van der Waals surface area contributed by atoms with E-state index in [1.165, 1.54) is 6.07 Å². The van der Waals surface area contributed by atoms with Crippen LogP contribution in [0, 0.1) is 18.2 Å². The predicted molar refractivity (Wildman–Crippen MR) is 64.3 cm³/mol. The third-order valence-corrected chi connectivity index (χ3v) is 2.74. The summed E-state index contributed by atoms with van der Waals surface area (Å²) in [4.78, 5) is 0. The number of rotatable bonds is 5. The van der Waals surface area contributed by atoms with Crippen molar-refractivity contribution >= 4 is 11.6 Å². The molecule has 3 N–H and O–H groups in total. The van der Waals surface area contributed by atoms with Crippen LogP contribution in [-0.2, 0) is 6.42 Å². The third-order valence-electron chi connectivity index (χ3n) is 2.39. The summed E-state index contributed by atoms with van der Waals surface area (Å²) in [5, 5.41) is 0.418. The Kier molecular flexibility index (Phi) is 5.27. The third kappa shape index (κ3) is 3.49. The average Bonchev–Trinajstić information content (AvgIpc) is 2.28. The maximum Gasteiger partial charge on any atom is 0.127 e. The van der Waals surface area contributed by atoms with E-state index in [2.05, 4.69) is 11.3 Å². The molecular formula is C12H14ClFN2. The molecule has 1 atom stereocenters. The Labute approximate surface area is 99.9 Å². The number of terminal acetylenes is 1. The van der Waals surface area contributed by atoms with Crippen molar-refractivity contribution in [2.45, 2.75) is 25.3 Å². The quantitative estimate of drug-likeness (QED) is 0.471. The maximum atomic E-state index is 13.5.